The summed E-state index contributed by atoms with van der Waals surface area (Å²) in [5.74, 6) is 2.46. The Hall–Kier alpha value is -2.67. The second-order valence-corrected chi connectivity index (χ2v) is 7.61. The van der Waals surface area contributed by atoms with Crippen LogP contribution in [0.3, 0.4) is 0 Å². The SMILES string of the molecule is COCc1cc(N(C)C2CC(Oc3ccccc3)C2(C)C)n2ncnc2n1. The molecule has 2 atom stereocenters. The molecule has 7 nitrogen and oxygen atoms in total. The zero-order valence-corrected chi connectivity index (χ0v) is 16.2. The highest BCUT2D eigenvalue weighted by Gasteiger charge is 2.52. The molecular formula is C20H25N5O2. The van der Waals surface area contributed by atoms with E-state index in [4.69, 9.17) is 9.47 Å². The molecule has 0 radical (unpaired) electrons. The minimum Gasteiger partial charge on any atom is -0.490 e. The first-order valence-electron chi connectivity index (χ1n) is 9.14. The molecule has 0 bridgehead atoms. The van der Waals surface area contributed by atoms with E-state index in [0.29, 0.717) is 18.4 Å². The number of ether oxygens (including phenoxy) is 2. The summed E-state index contributed by atoms with van der Waals surface area (Å²) in [4.78, 5) is 11.0. The van der Waals surface area contributed by atoms with E-state index in [1.165, 1.54) is 6.33 Å². The van der Waals surface area contributed by atoms with Gasteiger partial charge in [-0.15, -0.1) is 0 Å². The minimum absolute atomic E-state index is 0.0117. The largest absolute Gasteiger partial charge is 0.490 e. The van der Waals surface area contributed by atoms with Gasteiger partial charge in [-0.25, -0.2) is 4.98 Å². The van der Waals surface area contributed by atoms with Gasteiger partial charge in [-0.05, 0) is 12.1 Å². The van der Waals surface area contributed by atoms with Crippen LogP contribution in [0.5, 0.6) is 5.75 Å². The summed E-state index contributed by atoms with van der Waals surface area (Å²) in [5, 5.41) is 4.35. The molecule has 7 heteroatoms. The van der Waals surface area contributed by atoms with Gasteiger partial charge in [0.1, 0.15) is 24.0 Å². The van der Waals surface area contributed by atoms with E-state index < -0.39 is 0 Å². The first kappa shape index (κ1) is 17.7. The molecule has 0 saturated heterocycles. The van der Waals surface area contributed by atoms with Crippen molar-refractivity contribution in [3.05, 3.63) is 48.4 Å². The summed E-state index contributed by atoms with van der Waals surface area (Å²) < 4.78 is 13.3. The molecule has 2 heterocycles. The lowest BCUT2D eigenvalue weighted by molar-refractivity contribution is -0.0418. The molecule has 1 aliphatic rings. The lowest BCUT2D eigenvalue weighted by atomic mass is 9.64. The average molecular weight is 367 g/mol. The van der Waals surface area contributed by atoms with Crippen molar-refractivity contribution < 1.29 is 9.47 Å². The van der Waals surface area contributed by atoms with Crippen LogP contribution < -0.4 is 9.64 Å². The maximum Gasteiger partial charge on any atom is 0.254 e. The van der Waals surface area contributed by atoms with Crippen molar-refractivity contribution in [1.82, 2.24) is 19.6 Å². The van der Waals surface area contributed by atoms with Gasteiger partial charge in [0.2, 0.25) is 0 Å². The molecule has 0 amide bonds. The zero-order chi connectivity index (χ0) is 19.0. The van der Waals surface area contributed by atoms with Crippen LogP contribution in [0.4, 0.5) is 5.82 Å². The fraction of sp³-hybridized carbons (Fsp3) is 0.450. The Morgan fingerprint density at radius 3 is 2.74 bits per heavy atom. The Kier molecular flexibility index (Phi) is 4.47. The maximum atomic E-state index is 6.22. The summed E-state index contributed by atoms with van der Waals surface area (Å²) >= 11 is 0. The molecule has 0 N–H and O–H groups in total. The van der Waals surface area contributed by atoms with E-state index in [0.717, 1.165) is 23.7 Å². The molecule has 1 saturated carbocycles. The van der Waals surface area contributed by atoms with Crippen LogP contribution in [0.1, 0.15) is 26.0 Å². The van der Waals surface area contributed by atoms with Gasteiger partial charge in [0.25, 0.3) is 5.78 Å². The fourth-order valence-corrected chi connectivity index (χ4v) is 3.86. The predicted molar refractivity (Wildman–Crippen MR) is 103 cm³/mol. The summed E-state index contributed by atoms with van der Waals surface area (Å²) in [7, 11) is 3.76. The van der Waals surface area contributed by atoms with Crippen molar-refractivity contribution in [2.75, 3.05) is 19.1 Å². The second-order valence-electron chi connectivity index (χ2n) is 7.61. The van der Waals surface area contributed by atoms with Crippen molar-refractivity contribution in [2.45, 2.75) is 39.0 Å². The van der Waals surface area contributed by atoms with Crippen LogP contribution in [0.25, 0.3) is 5.78 Å². The van der Waals surface area contributed by atoms with E-state index in [1.807, 2.05) is 36.4 Å². The van der Waals surface area contributed by atoms with Crippen LogP contribution in [0.2, 0.25) is 0 Å². The van der Waals surface area contributed by atoms with Crippen LogP contribution in [0, 0.1) is 5.41 Å². The van der Waals surface area contributed by atoms with E-state index in [9.17, 15) is 0 Å². The van der Waals surface area contributed by atoms with Crippen LogP contribution in [0.15, 0.2) is 42.7 Å². The molecule has 0 aliphatic heterocycles. The third-order valence-electron chi connectivity index (χ3n) is 5.55. The molecule has 1 aliphatic carbocycles. The molecule has 1 fully saturated rings. The molecule has 0 spiro atoms. The number of rotatable bonds is 6. The molecular weight excluding hydrogens is 342 g/mol. The molecule has 3 aromatic rings. The Balaban J connectivity index is 1.58. The third-order valence-corrected chi connectivity index (χ3v) is 5.55. The number of hydrogen-bond acceptors (Lipinski definition) is 6. The summed E-state index contributed by atoms with van der Waals surface area (Å²) in [6.07, 6.45) is 2.64. The smallest absolute Gasteiger partial charge is 0.254 e. The monoisotopic (exact) mass is 367 g/mol. The summed E-state index contributed by atoms with van der Waals surface area (Å²) in [6, 6.07) is 12.3. The van der Waals surface area contributed by atoms with E-state index in [1.54, 1.807) is 11.6 Å². The Morgan fingerprint density at radius 1 is 1.26 bits per heavy atom. The molecule has 1 aromatic carbocycles. The average Bonchev–Trinajstić information content (AvgIpc) is 3.13. The Labute approximate surface area is 158 Å². The number of anilines is 1. The van der Waals surface area contributed by atoms with Gasteiger partial charge < -0.3 is 14.4 Å². The van der Waals surface area contributed by atoms with Gasteiger partial charge in [-0.3, -0.25) is 0 Å². The molecule has 4 rings (SSSR count). The molecule has 27 heavy (non-hydrogen) atoms. The van der Waals surface area contributed by atoms with E-state index in [-0.39, 0.29) is 11.5 Å². The van der Waals surface area contributed by atoms with Gasteiger partial charge >= 0.3 is 0 Å². The normalized spacial score (nSPS) is 21.0. The van der Waals surface area contributed by atoms with Gasteiger partial charge in [0.05, 0.1) is 12.3 Å². The molecule has 142 valence electrons. The fourth-order valence-electron chi connectivity index (χ4n) is 3.86. The number of hydrogen-bond donors (Lipinski definition) is 0. The van der Waals surface area contributed by atoms with Crippen molar-refractivity contribution in [2.24, 2.45) is 5.41 Å². The number of methoxy groups -OCH3 is 1. The number of nitrogens with zero attached hydrogens (tertiary/aromatic N) is 5. The maximum absolute atomic E-state index is 6.22. The first-order valence-corrected chi connectivity index (χ1v) is 9.14. The van der Waals surface area contributed by atoms with Crippen molar-refractivity contribution >= 4 is 11.6 Å². The van der Waals surface area contributed by atoms with E-state index in [2.05, 4.69) is 40.9 Å². The Morgan fingerprint density at radius 2 is 2.04 bits per heavy atom. The standard InChI is InChI=1S/C20H25N5O2/c1-20(2)16(11-17(20)27-15-8-6-5-7-9-15)24(3)18-10-14(12-26-4)23-19-21-13-22-25(18)19/h5-10,13,16-17H,11-12H2,1-4H3. The topological polar surface area (TPSA) is 64.8 Å². The van der Waals surface area contributed by atoms with Gasteiger partial charge in [-0.1, -0.05) is 32.0 Å². The van der Waals surface area contributed by atoms with Crippen molar-refractivity contribution in [1.29, 1.82) is 0 Å². The van der Waals surface area contributed by atoms with Crippen molar-refractivity contribution in [3.63, 3.8) is 0 Å². The number of aromatic nitrogens is 4. The summed E-state index contributed by atoms with van der Waals surface area (Å²) in [5.41, 5.74) is 0.830. The highest BCUT2D eigenvalue weighted by Crippen LogP contribution is 2.46. The quantitative estimate of drug-likeness (QED) is 0.667. The minimum atomic E-state index is -0.0117. The Bertz CT molecular complexity index is 925. The van der Waals surface area contributed by atoms with Gasteiger partial charge in [-0.2, -0.15) is 14.6 Å². The van der Waals surface area contributed by atoms with Crippen LogP contribution >= 0.6 is 0 Å². The lowest BCUT2D eigenvalue weighted by Crippen LogP contribution is -2.62. The summed E-state index contributed by atoms with van der Waals surface area (Å²) in [6.45, 7) is 4.94. The predicted octanol–water partition coefficient (Wildman–Crippen LogP) is 2.95. The second kappa shape index (κ2) is 6.81. The van der Waals surface area contributed by atoms with Gasteiger partial charge in [0, 0.05) is 38.1 Å². The lowest BCUT2D eigenvalue weighted by Gasteiger charge is -2.55. The number of para-hydroxylation sites is 1. The van der Waals surface area contributed by atoms with E-state index >= 15 is 0 Å². The van der Waals surface area contributed by atoms with Gasteiger partial charge in [0.15, 0.2) is 0 Å². The highest BCUT2D eigenvalue weighted by atomic mass is 16.5. The first-order chi connectivity index (χ1) is 13.0. The number of benzene rings is 1. The van der Waals surface area contributed by atoms with Crippen LogP contribution in [-0.2, 0) is 11.3 Å². The van der Waals surface area contributed by atoms with Crippen molar-refractivity contribution in [3.8, 4) is 5.75 Å². The molecule has 2 aromatic heterocycles. The number of fused-ring (bicyclic) bond motifs is 1. The highest BCUT2D eigenvalue weighted by molar-refractivity contribution is 5.49. The molecule has 2 unspecified atom stereocenters. The third kappa shape index (κ3) is 3.12. The zero-order valence-electron chi connectivity index (χ0n) is 16.2. The van der Waals surface area contributed by atoms with Crippen LogP contribution in [-0.4, -0.2) is 45.9 Å².